The molecule has 1 amide bonds. The lowest BCUT2D eigenvalue weighted by Gasteiger charge is -2.13. The highest BCUT2D eigenvalue weighted by Gasteiger charge is 2.29. The van der Waals surface area contributed by atoms with Gasteiger partial charge < -0.3 is 13.6 Å². The number of hydrazone groups is 1. The predicted molar refractivity (Wildman–Crippen MR) is 110 cm³/mol. The van der Waals surface area contributed by atoms with Crippen molar-refractivity contribution in [1.29, 1.82) is 0 Å². The van der Waals surface area contributed by atoms with E-state index in [0.717, 1.165) is 17.5 Å². The number of carbonyl (C=O) groups is 2. The number of fused-ring (bicyclic) bond motifs is 1. The Morgan fingerprint density at radius 1 is 1.20 bits per heavy atom. The van der Waals surface area contributed by atoms with E-state index in [9.17, 15) is 9.59 Å². The molecule has 3 aromatic rings. The molecule has 2 aromatic heterocycles. The Labute approximate surface area is 177 Å². The molecule has 4 rings (SSSR count). The Morgan fingerprint density at radius 2 is 2.03 bits per heavy atom. The fraction of sp³-hybridized carbons (Fsp3) is 0.227. The van der Waals surface area contributed by atoms with Gasteiger partial charge in [0.2, 0.25) is 5.76 Å². The van der Waals surface area contributed by atoms with E-state index < -0.39 is 11.9 Å². The van der Waals surface area contributed by atoms with Crippen LogP contribution in [-0.4, -0.2) is 17.6 Å². The van der Waals surface area contributed by atoms with Gasteiger partial charge in [-0.3, -0.25) is 4.79 Å². The molecule has 1 N–H and O–H groups in total. The molecule has 0 unspecified atom stereocenters. The molecular weight excluding hydrogens is 408 g/mol. The third-order valence-electron chi connectivity index (χ3n) is 4.89. The van der Waals surface area contributed by atoms with Crippen LogP contribution in [0.5, 0.6) is 5.75 Å². The summed E-state index contributed by atoms with van der Waals surface area (Å²) in [6.07, 6.45) is 3.53. The van der Waals surface area contributed by atoms with E-state index in [1.807, 2.05) is 6.92 Å². The van der Waals surface area contributed by atoms with Crippen molar-refractivity contribution in [2.75, 3.05) is 0 Å². The summed E-state index contributed by atoms with van der Waals surface area (Å²) in [6.45, 7) is 3.61. The smallest absolute Gasteiger partial charge is 0.379 e. The minimum atomic E-state index is -0.595. The average Bonchev–Trinajstić information content (AvgIpc) is 3.38. The zero-order chi connectivity index (χ0) is 21.3. The van der Waals surface area contributed by atoms with Crippen LogP contribution in [-0.2, 0) is 6.42 Å². The number of furan rings is 2. The van der Waals surface area contributed by atoms with Crippen molar-refractivity contribution in [3.8, 4) is 5.75 Å². The molecule has 1 aromatic carbocycles. The monoisotopic (exact) mass is 426 g/mol. The summed E-state index contributed by atoms with van der Waals surface area (Å²) in [5, 5.41) is 4.84. The molecule has 1 aliphatic rings. The first-order chi connectivity index (χ1) is 14.4. The molecule has 7 nitrogen and oxygen atoms in total. The molecule has 0 fully saturated rings. The van der Waals surface area contributed by atoms with Crippen molar-refractivity contribution in [2.24, 2.45) is 5.10 Å². The number of nitrogens with one attached hydrogen (secondary N) is 1. The highest BCUT2D eigenvalue weighted by atomic mass is 35.5. The van der Waals surface area contributed by atoms with Crippen LogP contribution in [0.3, 0.4) is 0 Å². The number of ether oxygens (including phenoxy) is 1. The number of nitrogens with zero attached hydrogens (tertiary/aromatic N) is 1. The molecule has 30 heavy (non-hydrogen) atoms. The Bertz CT molecular complexity index is 1140. The summed E-state index contributed by atoms with van der Waals surface area (Å²) in [4.78, 5) is 24.8. The predicted octanol–water partition coefficient (Wildman–Crippen LogP) is 4.83. The van der Waals surface area contributed by atoms with Crippen molar-refractivity contribution in [3.63, 3.8) is 0 Å². The average molecular weight is 427 g/mol. The standard InChI is InChI=1S/C22H19ClN2O5/c1-12-11-14(8-9-15(12)23)29-22(27)20-13(2)19-16(5-3-6-17(19)30-20)24-25-21(26)18-7-4-10-28-18/h4,7-11H,3,5-6H2,1-2H3,(H,25,26)/b24-16+. The third kappa shape index (κ3) is 3.89. The lowest BCUT2D eigenvalue weighted by Crippen LogP contribution is -2.21. The topological polar surface area (TPSA) is 94.0 Å². The second kappa shape index (κ2) is 8.20. The minimum absolute atomic E-state index is 0.125. The summed E-state index contributed by atoms with van der Waals surface area (Å²) < 4.78 is 16.4. The Morgan fingerprint density at radius 3 is 2.77 bits per heavy atom. The van der Waals surface area contributed by atoms with Crippen LogP contribution in [0.15, 0.2) is 50.5 Å². The van der Waals surface area contributed by atoms with Crippen molar-refractivity contribution in [3.05, 3.63) is 75.6 Å². The summed E-state index contributed by atoms with van der Waals surface area (Å²) in [5.41, 5.74) is 5.32. The molecule has 8 heteroatoms. The number of hydrogen-bond acceptors (Lipinski definition) is 6. The van der Waals surface area contributed by atoms with E-state index in [-0.39, 0.29) is 11.5 Å². The number of amides is 1. The van der Waals surface area contributed by atoms with Crippen molar-refractivity contribution in [2.45, 2.75) is 33.1 Å². The molecule has 0 aliphatic heterocycles. The van der Waals surface area contributed by atoms with Gasteiger partial charge >= 0.3 is 11.9 Å². The number of rotatable bonds is 4. The molecule has 0 atom stereocenters. The number of benzene rings is 1. The van der Waals surface area contributed by atoms with E-state index in [2.05, 4.69) is 10.5 Å². The Balaban J connectivity index is 1.57. The van der Waals surface area contributed by atoms with Crippen LogP contribution in [0, 0.1) is 13.8 Å². The van der Waals surface area contributed by atoms with Gasteiger partial charge in [0.25, 0.3) is 0 Å². The molecule has 0 saturated carbocycles. The second-order valence-corrected chi connectivity index (χ2v) is 7.39. The summed E-state index contributed by atoms with van der Waals surface area (Å²) >= 11 is 6.02. The fourth-order valence-electron chi connectivity index (χ4n) is 3.39. The van der Waals surface area contributed by atoms with Crippen LogP contribution in [0.2, 0.25) is 5.02 Å². The SMILES string of the molecule is Cc1cc(OC(=O)c2oc3c(c2C)/C(=N/NC(=O)c2ccco2)CCC3)ccc1Cl. The molecule has 154 valence electrons. The lowest BCUT2D eigenvalue weighted by molar-refractivity contribution is 0.0698. The maximum Gasteiger partial charge on any atom is 0.379 e. The summed E-state index contributed by atoms with van der Waals surface area (Å²) in [7, 11) is 0. The minimum Gasteiger partial charge on any atom is -0.459 e. The van der Waals surface area contributed by atoms with Gasteiger partial charge in [-0.25, -0.2) is 10.2 Å². The van der Waals surface area contributed by atoms with Gasteiger partial charge in [-0.1, -0.05) is 11.6 Å². The third-order valence-corrected chi connectivity index (χ3v) is 5.31. The zero-order valence-electron chi connectivity index (χ0n) is 16.5. The number of halogens is 1. The van der Waals surface area contributed by atoms with E-state index in [1.54, 1.807) is 37.3 Å². The zero-order valence-corrected chi connectivity index (χ0v) is 17.2. The largest absolute Gasteiger partial charge is 0.459 e. The van der Waals surface area contributed by atoms with Crippen molar-refractivity contribution < 1.29 is 23.2 Å². The fourth-order valence-corrected chi connectivity index (χ4v) is 3.51. The molecule has 0 radical (unpaired) electrons. The Kier molecular flexibility index (Phi) is 5.46. The van der Waals surface area contributed by atoms with Crippen LogP contribution in [0.1, 0.15) is 56.4 Å². The molecule has 0 spiro atoms. The van der Waals surface area contributed by atoms with Gasteiger partial charge in [0.05, 0.1) is 12.0 Å². The number of aryl methyl sites for hydroxylation is 2. The highest BCUT2D eigenvalue weighted by molar-refractivity contribution is 6.31. The first-order valence-electron chi connectivity index (χ1n) is 9.45. The van der Waals surface area contributed by atoms with E-state index >= 15 is 0 Å². The molecule has 1 aliphatic carbocycles. The van der Waals surface area contributed by atoms with Gasteiger partial charge in [0, 0.05) is 22.6 Å². The molecular formula is C22H19ClN2O5. The van der Waals surface area contributed by atoms with Gasteiger partial charge in [-0.2, -0.15) is 5.10 Å². The molecule has 0 bridgehead atoms. The summed E-state index contributed by atoms with van der Waals surface area (Å²) in [5.74, 6) is 0.293. The maximum absolute atomic E-state index is 12.7. The Hall–Kier alpha value is -3.32. The van der Waals surface area contributed by atoms with Gasteiger partial charge in [-0.15, -0.1) is 0 Å². The first-order valence-corrected chi connectivity index (χ1v) is 9.83. The van der Waals surface area contributed by atoms with Crippen molar-refractivity contribution >= 4 is 29.2 Å². The van der Waals surface area contributed by atoms with Gasteiger partial charge in [0.15, 0.2) is 5.76 Å². The quantitative estimate of drug-likeness (QED) is 0.366. The van der Waals surface area contributed by atoms with Crippen LogP contribution in [0.25, 0.3) is 0 Å². The lowest BCUT2D eigenvalue weighted by atomic mass is 9.93. The van der Waals surface area contributed by atoms with E-state index in [4.69, 9.17) is 25.2 Å². The number of esters is 1. The van der Waals surface area contributed by atoms with Gasteiger partial charge in [-0.05, 0) is 62.6 Å². The van der Waals surface area contributed by atoms with Gasteiger partial charge in [0.1, 0.15) is 11.5 Å². The number of carbonyl (C=O) groups excluding carboxylic acids is 2. The second-order valence-electron chi connectivity index (χ2n) is 6.99. The van der Waals surface area contributed by atoms with E-state index in [0.29, 0.717) is 40.6 Å². The highest BCUT2D eigenvalue weighted by Crippen LogP contribution is 2.31. The number of hydrogen-bond donors (Lipinski definition) is 1. The summed E-state index contributed by atoms with van der Waals surface area (Å²) in [6, 6.07) is 8.17. The van der Waals surface area contributed by atoms with E-state index in [1.165, 1.54) is 6.26 Å². The first kappa shape index (κ1) is 20.0. The normalized spacial score (nSPS) is 14.4. The molecule has 0 saturated heterocycles. The molecule has 2 heterocycles. The van der Waals surface area contributed by atoms with Crippen LogP contribution >= 0.6 is 11.6 Å². The maximum atomic E-state index is 12.7. The van der Waals surface area contributed by atoms with Crippen molar-refractivity contribution in [1.82, 2.24) is 5.43 Å². The van der Waals surface area contributed by atoms with Crippen LogP contribution < -0.4 is 10.2 Å². The van der Waals surface area contributed by atoms with Crippen LogP contribution in [0.4, 0.5) is 0 Å².